The number of nitrogens with zero attached hydrogens (tertiary/aromatic N) is 3. The first-order valence-corrected chi connectivity index (χ1v) is 8.78. The van der Waals surface area contributed by atoms with Crippen molar-refractivity contribution in [3.05, 3.63) is 65.7 Å². The van der Waals surface area contributed by atoms with Gasteiger partial charge in [0, 0.05) is 11.6 Å². The number of nitrogens with one attached hydrogen (secondary N) is 1. The second kappa shape index (κ2) is 7.34. The molecule has 3 aromatic rings. The zero-order valence-corrected chi connectivity index (χ0v) is 14.6. The summed E-state index contributed by atoms with van der Waals surface area (Å²) in [5.41, 5.74) is 2.07. The zero-order chi connectivity index (χ0) is 18.6. The number of hydrogen-bond donors (Lipinski definition) is 2. The van der Waals surface area contributed by atoms with Gasteiger partial charge in [-0.1, -0.05) is 42.5 Å². The summed E-state index contributed by atoms with van der Waals surface area (Å²) in [7, 11) is 0. The summed E-state index contributed by atoms with van der Waals surface area (Å²) in [4.78, 5) is 8.49. The number of para-hydroxylation sites is 1. The van der Waals surface area contributed by atoms with E-state index in [0.717, 1.165) is 18.4 Å². The van der Waals surface area contributed by atoms with Crippen molar-refractivity contribution in [3.8, 4) is 29.0 Å². The highest BCUT2D eigenvalue weighted by molar-refractivity contribution is 5.75. The van der Waals surface area contributed by atoms with Gasteiger partial charge in [0.05, 0.1) is 0 Å². The molecular formula is C21H18N4O2. The van der Waals surface area contributed by atoms with Gasteiger partial charge in [-0.2, -0.15) is 10.2 Å². The van der Waals surface area contributed by atoms with Crippen LogP contribution in [0.5, 0.6) is 11.6 Å². The van der Waals surface area contributed by atoms with E-state index in [4.69, 9.17) is 4.74 Å². The van der Waals surface area contributed by atoms with E-state index < -0.39 is 0 Å². The predicted octanol–water partition coefficient (Wildman–Crippen LogP) is 3.87. The Morgan fingerprint density at radius 1 is 1.07 bits per heavy atom. The molecule has 1 heterocycles. The lowest BCUT2D eigenvalue weighted by molar-refractivity contribution is 0.307. The van der Waals surface area contributed by atoms with Gasteiger partial charge < -0.3 is 15.2 Å². The van der Waals surface area contributed by atoms with Gasteiger partial charge in [-0.05, 0) is 30.5 Å². The SMILES string of the molecule is N#Cc1c(O)nc(NC2CC2)nc1-c1ccccc1OCc1ccccc1. The van der Waals surface area contributed by atoms with E-state index in [9.17, 15) is 10.4 Å². The lowest BCUT2D eigenvalue weighted by Gasteiger charge is -2.13. The van der Waals surface area contributed by atoms with E-state index in [-0.39, 0.29) is 11.4 Å². The van der Waals surface area contributed by atoms with Gasteiger partial charge >= 0.3 is 0 Å². The molecule has 1 saturated carbocycles. The van der Waals surface area contributed by atoms with Crippen LogP contribution >= 0.6 is 0 Å². The van der Waals surface area contributed by atoms with Crippen LogP contribution in [0.3, 0.4) is 0 Å². The second-order valence-electron chi connectivity index (χ2n) is 6.40. The number of aromatic nitrogens is 2. The quantitative estimate of drug-likeness (QED) is 0.695. The Labute approximate surface area is 157 Å². The average molecular weight is 358 g/mol. The Kier molecular flexibility index (Phi) is 4.58. The Morgan fingerprint density at radius 2 is 1.81 bits per heavy atom. The van der Waals surface area contributed by atoms with Crippen LogP contribution in [0, 0.1) is 11.3 Å². The van der Waals surface area contributed by atoms with Crippen LogP contribution in [-0.4, -0.2) is 21.1 Å². The summed E-state index contributed by atoms with van der Waals surface area (Å²) >= 11 is 0. The van der Waals surface area contributed by atoms with Gasteiger partial charge in [0.15, 0.2) is 0 Å². The van der Waals surface area contributed by atoms with Crippen LogP contribution in [0.25, 0.3) is 11.3 Å². The van der Waals surface area contributed by atoms with Gasteiger partial charge in [0.2, 0.25) is 11.8 Å². The standard InChI is InChI=1S/C21H18N4O2/c22-12-17-19(24-21(25-20(17)26)23-15-10-11-15)16-8-4-5-9-18(16)27-13-14-6-2-1-3-7-14/h1-9,15H,10-11,13H2,(H2,23,24,25,26). The fourth-order valence-electron chi connectivity index (χ4n) is 2.75. The molecule has 2 N–H and O–H groups in total. The Bertz CT molecular complexity index is 995. The molecule has 0 saturated heterocycles. The molecule has 0 atom stereocenters. The van der Waals surface area contributed by atoms with Crippen LogP contribution in [0.15, 0.2) is 54.6 Å². The van der Waals surface area contributed by atoms with Crippen LogP contribution in [0.2, 0.25) is 0 Å². The first kappa shape index (κ1) is 16.9. The van der Waals surface area contributed by atoms with E-state index in [1.165, 1.54) is 0 Å². The van der Waals surface area contributed by atoms with Gasteiger partial charge in [-0.15, -0.1) is 0 Å². The van der Waals surface area contributed by atoms with E-state index in [1.54, 1.807) is 0 Å². The van der Waals surface area contributed by atoms with Gasteiger partial charge in [-0.3, -0.25) is 0 Å². The van der Waals surface area contributed by atoms with Crippen molar-refractivity contribution in [1.29, 1.82) is 5.26 Å². The molecule has 0 unspecified atom stereocenters. The molecule has 0 radical (unpaired) electrons. The summed E-state index contributed by atoms with van der Waals surface area (Å²) in [5.74, 6) is 0.582. The average Bonchev–Trinajstić information content (AvgIpc) is 3.51. The fourth-order valence-corrected chi connectivity index (χ4v) is 2.75. The van der Waals surface area contributed by atoms with Crippen molar-refractivity contribution < 1.29 is 9.84 Å². The minimum absolute atomic E-state index is 0.0344. The van der Waals surface area contributed by atoms with Crippen LogP contribution < -0.4 is 10.1 Å². The third-order valence-electron chi connectivity index (χ3n) is 4.29. The van der Waals surface area contributed by atoms with Gasteiger partial charge in [0.25, 0.3) is 0 Å². The maximum atomic E-state index is 10.2. The third kappa shape index (κ3) is 3.82. The monoisotopic (exact) mass is 358 g/mol. The molecule has 6 heteroatoms. The highest BCUT2D eigenvalue weighted by atomic mass is 16.5. The Balaban J connectivity index is 1.70. The molecule has 0 bridgehead atoms. The molecule has 4 rings (SSSR count). The number of hydrogen-bond acceptors (Lipinski definition) is 6. The molecule has 0 aliphatic heterocycles. The molecule has 1 fully saturated rings. The normalized spacial score (nSPS) is 13.0. The first-order chi connectivity index (χ1) is 13.2. The van der Waals surface area contributed by atoms with Crippen molar-refractivity contribution in [3.63, 3.8) is 0 Å². The lowest BCUT2D eigenvalue weighted by Crippen LogP contribution is -2.07. The molecule has 1 aliphatic rings. The van der Waals surface area contributed by atoms with Crippen molar-refractivity contribution in [2.45, 2.75) is 25.5 Å². The van der Waals surface area contributed by atoms with E-state index >= 15 is 0 Å². The van der Waals surface area contributed by atoms with Crippen LogP contribution in [0.1, 0.15) is 24.0 Å². The molecule has 0 spiro atoms. The first-order valence-electron chi connectivity index (χ1n) is 8.78. The van der Waals surface area contributed by atoms with Crippen LogP contribution in [0.4, 0.5) is 5.95 Å². The largest absolute Gasteiger partial charge is 0.492 e. The maximum absolute atomic E-state index is 10.2. The molecule has 2 aromatic carbocycles. The molecular weight excluding hydrogens is 340 g/mol. The number of nitriles is 1. The lowest BCUT2D eigenvalue weighted by atomic mass is 10.1. The van der Waals surface area contributed by atoms with Crippen molar-refractivity contribution in [2.75, 3.05) is 5.32 Å². The number of rotatable bonds is 6. The predicted molar refractivity (Wildman–Crippen MR) is 101 cm³/mol. The van der Waals surface area contributed by atoms with Crippen LogP contribution in [-0.2, 0) is 6.61 Å². The summed E-state index contributed by atoms with van der Waals surface area (Å²) in [5, 5.41) is 22.9. The van der Waals surface area contributed by atoms with Crippen molar-refractivity contribution >= 4 is 5.95 Å². The summed E-state index contributed by atoms with van der Waals surface area (Å²) in [6, 6.07) is 19.5. The van der Waals surface area contributed by atoms with Crippen molar-refractivity contribution in [1.82, 2.24) is 9.97 Å². The number of anilines is 1. The molecule has 1 aromatic heterocycles. The third-order valence-corrected chi connectivity index (χ3v) is 4.29. The van der Waals surface area contributed by atoms with Gasteiger partial charge in [-0.25, -0.2) is 4.98 Å². The van der Waals surface area contributed by atoms with Gasteiger partial charge in [0.1, 0.15) is 29.7 Å². The molecule has 134 valence electrons. The second-order valence-corrected chi connectivity index (χ2v) is 6.40. The highest BCUT2D eigenvalue weighted by Gasteiger charge is 2.24. The molecule has 6 nitrogen and oxygen atoms in total. The van der Waals surface area contributed by atoms with E-state index in [2.05, 4.69) is 15.3 Å². The molecule has 0 amide bonds. The smallest absolute Gasteiger partial charge is 0.234 e. The zero-order valence-electron chi connectivity index (χ0n) is 14.6. The fraction of sp³-hybridized carbons (Fsp3) is 0.190. The summed E-state index contributed by atoms with van der Waals surface area (Å²) < 4.78 is 5.98. The number of ether oxygens (including phenoxy) is 1. The van der Waals surface area contributed by atoms with E-state index in [1.807, 2.05) is 60.7 Å². The Hall–Kier alpha value is -3.59. The number of benzene rings is 2. The minimum Gasteiger partial charge on any atom is -0.492 e. The van der Waals surface area contributed by atoms with Crippen molar-refractivity contribution in [2.24, 2.45) is 0 Å². The summed E-state index contributed by atoms with van der Waals surface area (Å²) in [6.07, 6.45) is 2.10. The topological polar surface area (TPSA) is 91.1 Å². The number of aromatic hydroxyl groups is 1. The minimum atomic E-state index is -0.330. The highest BCUT2D eigenvalue weighted by Crippen LogP contribution is 2.35. The summed E-state index contributed by atoms with van der Waals surface area (Å²) in [6.45, 7) is 0.393. The molecule has 27 heavy (non-hydrogen) atoms. The maximum Gasteiger partial charge on any atom is 0.234 e. The van der Waals surface area contributed by atoms with E-state index in [0.29, 0.717) is 35.6 Å². The molecule has 1 aliphatic carbocycles. The Morgan fingerprint density at radius 3 is 2.56 bits per heavy atom.